The van der Waals surface area contributed by atoms with Crippen LogP contribution in [-0.4, -0.2) is 23.3 Å². The molecule has 5 nitrogen and oxygen atoms in total. The van der Waals surface area contributed by atoms with Gasteiger partial charge in [-0.15, -0.1) is 0 Å². The Kier molecular flexibility index (Phi) is 8.28. The van der Waals surface area contributed by atoms with Crippen LogP contribution in [0.3, 0.4) is 0 Å². The lowest BCUT2D eigenvalue weighted by Gasteiger charge is -2.34. The van der Waals surface area contributed by atoms with Crippen LogP contribution >= 0.6 is 7.60 Å². The van der Waals surface area contributed by atoms with Gasteiger partial charge in [-0.2, -0.15) is 0 Å². The number of benzene rings is 1. The van der Waals surface area contributed by atoms with E-state index in [0.29, 0.717) is 0 Å². The number of hydrogen-bond donors (Lipinski definition) is 0. The number of hydrogen-bond acceptors (Lipinski definition) is 5. The van der Waals surface area contributed by atoms with Crippen molar-refractivity contribution in [3.8, 4) is 0 Å². The molecule has 0 fully saturated rings. The maximum Gasteiger partial charge on any atom is 0.331 e. The Labute approximate surface area is 164 Å². The van der Waals surface area contributed by atoms with Crippen LogP contribution in [0.1, 0.15) is 61.0 Å². The minimum Gasteiger partial charge on any atom is -0.461 e. The molecule has 0 unspecified atom stereocenters. The van der Waals surface area contributed by atoms with E-state index in [4.69, 9.17) is 13.8 Å². The fraction of sp³-hybridized carbons (Fsp3) is 0.667. The Balaban J connectivity index is 2.76. The fourth-order valence-corrected chi connectivity index (χ4v) is 5.41. The van der Waals surface area contributed by atoms with Crippen LogP contribution in [0.2, 0.25) is 0 Å². The first-order valence-electron chi connectivity index (χ1n) is 9.42. The van der Waals surface area contributed by atoms with Crippen LogP contribution in [0.5, 0.6) is 0 Å². The average molecular weight is 398 g/mol. The second-order valence-corrected chi connectivity index (χ2v) is 11.0. The molecule has 0 heterocycles. The standard InChI is InChI=1S/C21H35O5P/c1-16(15-27(23,25-20(3,4)5)26-21(6,7)8)17(2)19(22)24-14-18-12-10-9-11-13-18/h9-13,16-17H,14-15H2,1-8H3/t16-,17-/m0/s1. The molecule has 1 aromatic carbocycles. The van der Waals surface area contributed by atoms with Gasteiger partial charge < -0.3 is 13.8 Å². The van der Waals surface area contributed by atoms with Crippen molar-refractivity contribution in [1.29, 1.82) is 0 Å². The van der Waals surface area contributed by atoms with Crippen molar-refractivity contribution in [2.24, 2.45) is 11.8 Å². The van der Waals surface area contributed by atoms with Gasteiger partial charge in [-0.3, -0.25) is 9.36 Å². The lowest BCUT2D eigenvalue weighted by atomic mass is 9.98. The summed E-state index contributed by atoms with van der Waals surface area (Å²) in [6, 6.07) is 9.53. The van der Waals surface area contributed by atoms with E-state index in [2.05, 4.69) is 0 Å². The summed E-state index contributed by atoms with van der Waals surface area (Å²) in [5.41, 5.74) is -0.293. The van der Waals surface area contributed by atoms with Crippen molar-refractivity contribution in [2.75, 3.05) is 6.16 Å². The largest absolute Gasteiger partial charge is 0.461 e. The molecule has 0 bridgehead atoms. The number of esters is 1. The zero-order valence-corrected chi connectivity index (χ0v) is 18.8. The summed E-state index contributed by atoms with van der Waals surface area (Å²) in [7, 11) is -3.40. The number of carbonyl (C=O) groups is 1. The zero-order valence-electron chi connectivity index (χ0n) is 17.9. The van der Waals surface area contributed by atoms with Gasteiger partial charge in [0.15, 0.2) is 0 Å². The summed E-state index contributed by atoms with van der Waals surface area (Å²) in [6.07, 6.45) is 0.156. The van der Waals surface area contributed by atoms with Gasteiger partial charge in [0, 0.05) is 0 Å². The SMILES string of the molecule is C[C@H](C(=O)OCc1ccccc1)[C@@H](C)CP(=O)(OC(C)(C)C)OC(C)(C)C. The van der Waals surface area contributed by atoms with E-state index in [1.165, 1.54) is 0 Å². The molecular formula is C21H35O5P. The van der Waals surface area contributed by atoms with Crippen molar-refractivity contribution in [1.82, 2.24) is 0 Å². The summed E-state index contributed by atoms with van der Waals surface area (Å²) in [6.45, 7) is 14.9. The van der Waals surface area contributed by atoms with Crippen LogP contribution in [0.25, 0.3) is 0 Å². The van der Waals surface area contributed by atoms with Crippen molar-refractivity contribution < 1.29 is 23.1 Å². The van der Waals surface area contributed by atoms with E-state index in [0.717, 1.165) is 5.56 Å². The topological polar surface area (TPSA) is 61.8 Å². The van der Waals surface area contributed by atoms with E-state index in [1.54, 1.807) is 6.92 Å². The fourth-order valence-electron chi connectivity index (χ4n) is 2.53. The van der Waals surface area contributed by atoms with Crippen LogP contribution in [0.4, 0.5) is 0 Å². The Morgan fingerprint density at radius 1 is 0.963 bits per heavy atom. The smallest absolute Gasteiger partial charge is 0.331 e. The van der Waals surface area contributed by atoms with Gasteiger partial charge in [0.05, 0.1) is 23.3 Å². The Hall–Kier alpha value is -1.16. The molecule has 0 aliphatic rings. The minimum atomic E-state index is -3.40. The second kappa shape index (κ2) is 9.36. The molecule has 0 amide bonds. The highest BCUT2D eigenvalue weighted by atomic mass is 31.2. The predicted molar refractivity (Wildman–Crippen MR) is 109 cm³/mol. The molecule has 0 aromatic heterocycles. The quantitative estimate of drug-likeness (QED) is 0.407. The molecule has 154 valence electrons. The van der Waals surface area contributed by atoms with Crippen LogP contribution in [-0.2, 0) is 29.8 Å². The molecule has 2 atom stereocenters. The van der Waals surface area contributed by atoms with Gasteiger partial charge in [-0.25, -0.2) is 0 Å². The van der Waals surface area contributed by atoms with Gasteiger partial charge in [-0.1, -0.05) is 44.2 Å². The Bertz CT molecular complexity index is 623. The number of ether oxygens (including phenoxy) is 1. The summed E-state index contributed by atoms with van der Waals surface area (Å²) in [5.74, 6) is -0.956. The highest BCUT2D eigenvalue weighted by Gasteiger charge is 2.38. The summed E-state index contributed by atoms with van der Waals surface area (Å²) in [5, 5.41) is 0. The molecule has 0 saturated carbocycles. The van der Waals surface area contributed by atoms with E-state index >= 15 is 0 Å². The van der Waals surface area contributed by atoms with Gasteiger partial charge in [-0.05, 0) is 53.0 Å². The summed E-state index contributed by atoms with van der Waals surface area (Å²) >= 11 is 0. The van der Waals surface area contributed by atoms with Crippen LogP contribution in [0, 0.1) is 11.8 Å². The van der Waals surface area contributed by atoms with Gasteiger partial charge in [0.1, 0.15) is 6.61 Å². The first-order valence-corrected chi connectivity index (χ1v) is 11.1. The van der Waals surface area contributed by atoms with Crippen molar-refractivity contribution >= 4 is 13.6 Å². The van der Waals surface area contributed by atoms with E-state index in [9.17, 15) is 9.36 Å². The molecule has 0 spiro atoms. The third kappa shape index (κ3) is 9.55. The minimum absolute atomic E-state index is 0.156. The molecule has 0 saturated heterocycles. The number of rotatable bonds is 8. The highest BCUT2D eigenvalue weighted by molar-refractivity contribution is 7.53. The average Bonchev–Trinajstić information content (AvgIpc) is 2.48. The lowest BCUT2D eigenvalue weighted by Crippen LogP contribution is -2.29. The van der Waals surface area contributed by atoms with Crippen LogP contribution < -0.4 is 0 Å². The van der Waals surface area contributed by atoms with Crippen molar-refractivity contribution in [2.45, 2.75) is 73.2 Å². The molecule has 6 heteroatoms. The van der Waals surface area contributed by atoms with Gasteiger partial charge in [0.2, 0.25) is 0 Å². The normalized spacial score (nSPS) is 15.3. The van der Waals surface area contributed by atoms with Crippen molar-refractivity contribution in [3.63, 3.8) is 0 Å². The Morgan fingerprint density at radius 2 is 1.44 bits per heavy atom. The molecule has 1 aromatic rings. The monoisotopic (exact) mass is 398 g/mol. The maximum absolute atomic E-state index is 13.4. The Morgan fingerprint density at radius 3 is 1.89 bits per heavy atom. The maximum atomic E-state index is 13.4. The molecule has 0 N–H and O–H groups in total. The van der Waals surface area contributed by atoms with E-state index in [-0.39, 0.29) is 24.7 Å². The molecule has 0 aliphatic carbocycles. The molecule has 0 aliphatic heterocycles. The van der Waals surface area contributed by atoms with Gasteiger partial charge in [0.25, 0.3) is 0 Å². The lowest BCUT2D eigenvalue weighted by molar-refractivity contribution is -0.150. The molecule has 27 heavy (non-hydrogen) atoms. The highest BCUT2D eigenvalue weighted by Crippen LogP contribution is 2.56. The predicted octanol–water partition coefficient (Wildman–Crippen LogP) is 5.83. The van der Waals surface area contributed by atoms with E-state index in [1.807, 2.05) is 78.8 Å². The van der Waals surface area contributed by atoms with Crippen molar-refractivity contribution in [3.05, 3.63) is 35.9 Å². The first kappa shape index (κ1) is 23.9. The first-order chi connectivity index (χ1) is 12.2. The summed E-state index contributed by atoms with van der Waals surface area (Å²) < 4.78 is 30.4. The van der Waals surface area contributed by atoms with E-state index < -0.39 is 24.7 Å². The molecule has 1 rings (SSSR count). The number of carbonyl (C=O) groups excluding carboxylic acids is 1. The summed E-state index contributed by atoms with van der Waals surface area (Å²) in [4.78, 5) is 12.4. The third-order valence-electron chi connectivity index (χ3n) is 3.79. The molecular weight excluding hydrogens is 363 g/mol. The second-order valence-electron chi connectivity index (χ2n) is 9.06. The molecule has 0 radical (unpaired) electrons. The third-order valence-corrected chi connectivity index (χ3v) is 6.46. The van der Waals surface area contributed by atoms with Crippen LogP contribution in [0.15, 0.2) is 30.3 Å². The zero-order chi connectivity index (χ0) is 20.9. The van der Waals surface area contributed by atoms with Gasteiger partial charge >= 0.3 is 13.6 Å².